The molecule has 0 atom stereocenters. The van der Waals surface area contributed by atoms with Crippen LogP contribution in [0.2, 0.25) is 0 Å². The first-order valence-electron chi connectivity index (χ1n) is 7.32. The van der Waals surface area contributed by atoms with Gasteiger partial charge in [-0.25, -0.2) is 4.79 Å². The standard InChI is InChI=1S/C17H17N3O2/c21-17(22)13-6-8-15(9-7-13)18-19-16-5-3-4-14(16)12-20-10-1-2-11-20/h3-9,12H,1-2,10-11H2,(H,21,22). The molecule has 0 amide bonds. The number of nitrogens with zero attached hydrogens (tertiary/aromatic N) is 3. The molecule has 1 aliphatic carbocycles. The van der Waals surface area contributed by atoms with E-state index in [1.54, 1.807) is 12.1 Å². The summed E-state index contributed by atoms with van der Waals surface area (Å²) in [5.41, 5.74) is 2.77. The lowest BCUT2D eigenvalue weighted by molar-refractivity contribution is 0.0697. The molecule has 0 radical (unpaired) electrons. The molecular formula is C17H17N3O2. The summed E-state index contributed by atoms with van der Waals surface area (Å²) in [6.07, 6.45) is 10.5. The van der Waals surface area contributed by atoms with Crippen molar-refractivity contribution in [2.75, 3.05) is 13.1 Å². The third-order valence-electron chi connectivity index (χ3n) is 3.68. The van der Waals surface area contributed by atoms with Gasteiger partial charge in [-0.15, -0.1) is 5.11 Å². The lowest BCUT2D eigenvalue weighted by Crippen LogP contribution is -2.11. The first kappa shape index (κ1) is 14.3. The van der Waals surface area contributed by atoms with Crippen LogP contribution in [0.15, 0.2) is 70.2 Å². The molecule has 112 valence electrons. The zero-order valence-corrected chi connectivity index (χ0v) is 12.1. The molecule has 1 saturated heterocycles. The van der Waals surface area contributed by atoms with E-state index in [0.717, 1.165) is 24.4 Å². The Morgan fingerprint density at radius 3 is 2.55 bits per heavy atom. The lowest BCUT2D eigenvalue weighted by atomic mass is 10.2. The van der Waals surface area contributed by atoms with Gasteiger partial charge < -0.3 is 10.0 Å². The molecule has 1 aromatic carbocycles. The SMILES string of the molecule is O=C(O)c1ccc(N=NC2=CC=CC2=CN2CCCC2)cc1. The van der Waals surface area contributed by atoms with Crippen LogP contribution in [-0.4, -0.2) is 29.1 Å². The van der Waals surface area contributed by atoms with Crippen LogP contribution in [0.25, 0.3) is 0 Å². The van der Waals surface area contributed by atoms with Gasteiger partial charge in [0, 0.05) is 24.9 Å². The van der Waals surface area contributed by atoms with E-state index < -0.39 is 5.97 Å². The Hall–Kier alpha value is -2.69. The van der Waals surface area contributed by atoms with E-state index in [-0.39, 0.29) is 5.56 Å². The van der Waals surface area contributed by atoms with Crippen molar-refractivity contribution in [1.82, 2.24) is 4.90 Å². The minimum atomic E-state index is -0.943. The monoisotopic (exact) mass is 295 g/mol. The Labute approximate surface area is 129 Å². The number of carboxylic acids is 1. The highest BCUT2D eigenvalue weighted by Crippen LogP contribution is 2.24. The van der Waals surface area contributed by atoms with Gasteiger partial charge in [0.25, 0.3) is 0 Å². The van der Waals surface area contributed by atoms with E-state index in [4.69, 9.17) is 5.11 Å². The van der Waals surface area contributed by atoms with E-state index in [0.29, 0.717) is 5.69 Å². The maximum Gasteiger partial charge on any atom is 0.335 e. The van der Waals surface area contributed by atoms with E-state index in [9.17, 15) is 4.79 Å². The fourth-order valence-electron chi connectivity index (χ4n) is 2.47. The predicted molar refractivity (Wildman–Crippen MR) is 84.0 cm³/mol. The van der Waals surface area contributed by atoms with Crippen LogP contribution in [0.4, 0.5) is 5.69 Å². The molecular weight excluding hydrogens is 278 g/mol. The molecule has 2 aliphatic rings. The maximum absolute atomic E-state index is 10.8. The van der Waals surface area contributed by atoms with Crippen molar-refractivity contribution in [3.05, 3.63) is 65.5 Å². The van der Waals surface area contributed by atoms with Gasteiger partial charge in [-0.2, -0.15) is 5.11 Å². The quantitative estimate of drug-likeness (QED) is 0.857. The number of rotatable bonds is 4. The number of aromatic carboxylic acids is 1. The zero-order valence-electron chi connectivity index (χ0n) is 12.1. The van der Waals surface area contributed by atoms with Crippen molar-refractivity contribution in [3.8, 4) is 0 Å². The average molecular weight is 295 g/mol. The highest BCUT2D eigenvalue weighted by molar-refractivity contribution is 5.87. The van der Waals surface area contributed by atoms with Crippen LogP contribution in [0.5, 0.6) is 0 Å². The smallest absolute Gasteiger partial charge is 0.335 e. The Kier molecular flexibility index (Phi) is 4.14. The van der Waals surface area contributed by atoms with Crippen molar-refractivity contribution in [1.29, 1.82) is 0 Å². The molecule has 1 aliphatic heterocycles. The van der Waals surface area contributed by atoms with Crippen molar-refractivity contribution in [2.24, 2.45) is 10.2 Å². The molecule has 1 heterocycles. The Morgan fingerprint density at radius 1 is 1.14 bits per heavy atom. The number of allylic oxidation sites excluding steroid dienone is 3. The summed E-state index contributed by atoms with van der Waals surface area (Å²) >= 11 is 0. The summed E-state index contributed by atoms with van der Waals surface area (Å²) < 4.78 is 0. The van der Waals surface area contributed by atoms with Crippen molar-refractivity contribution in [3.63, 3.8) is 0 Å². The summed E-state index contributed by atoms with van der Waals surface area (Å²) in [7, 11) is 0. The number of azo groups is 1. The van der Waals surface area contributed by atoms with Crippen LogP contribution >= 0.6 is 0 Å². The molecule has 0 unspecified atom stereocenters. The third kappa shape index (κ3) is 3.31. The zero-order chi connectivity index (χ0) is 15.4. The minimum absolute atomic E-state index is 0.246. The Balaban J connectivity index is 1.70. The van der Waals surface area contributed by atoms with Crippen molar-refractivity contribution in [2.45, 2.75) is 12.8 Å². The topological polar surface area (TPSA) is 65.3 Å². The summed E-state index contributed by atoms with van der Waals surface area (Å²) in [6.45, 7) is 2.19. The number of carbonyl (C=O) groups is 1. The lowest BCUT2D eigenvalue weighted by Gasteiger charge is -2.12. The van der Waals surface area contributed by atoms with Gasteiger partial charge in [0.15, 0.2) is 0 Å². The van der Waals surface area contributed by atoms with E-state index in [1.807, 2.05) is 18.2 Å². The molecule has 1 aromatic rings. The van der Waals surface area contributed by atoms with Crippen LogP contribution in [0, 0.1) is 0 Å². The van der Waals surface area contributed by atoms with Gasteiger partial charge >= 0.3 is 5.97 Å². The molecule has 5 nitrogen and oxygen atoms in total. The summed E-state index contributed by atoms with van der Waals surface area (Å²) in [6, 6.07) is 6.36. The molecule has 5 heteroatoms. The number of hydrogen-bond donors (Lipinski definition) is 1. The van der Waals surface area contributed by atoms with Crippen LogP contribution in [0.1, 0.15) is 23.2 Å². The summed E-state index contributed by atoms with van der Waals surface area (Å²) in [5.74, 6) is -0.943. The van der Waals surface area contributed by atoms with Gasteiger partial charge in [-0.05, 0) is 43.2 Å². The number of likely N-dealkylation sites (tertiary alicyclic amines) is 1. The predicted octanol–water partition coefficient (Wildman–Crippen LogP) is 3.90. The van der Waals surface area contributed by atoms with E-state index in [1.165, 1.54) is 25.0 Å². The van der Waals surface area contributed by atoms with Crippen LogP contribution in [0.3, 0.4) is 0 Å². The molecule has 3 rings (SSSR count). The number of benzene rings is 1. The number of hydrogen-bond acceptors (Lipinski definition) is 4. The Bertz CT molecular complexity index is 678. The highest BCUT2D eigenvalue weighted by atomic mass is 16.4. The molecule has 0 bridgehead atoms. The fraction of sp³-hybridized carbons (Fsp3) is 0.235. The summed E-state index contributed by atoms with van der Waals surface area (Å²) in [5, 5.41) is 17.3. The second-order valence-corrected chi connectivity index (χ2v) is 5.29. The molecule has 1 N–H and O–H groups in total. The van der Waals surface area contributed by atoms with Gasteiger partial charge in [0.05, 0.1) is 16.9 Å². The largest absolute Gasteiger partial charge is 0.478 e. The normalized spacial score (nSPS) is 19.4. The van der Waals surface area contributed by atoms with Crippen molar-refractivity contribution < 1.29 is 9.90 Å². The molecule has 1 fully saturated rings. The first-order chi connectivity index (χ1) is 10.7. The second-order valence-electron chi connectivity index (χ2n) is 5.29. The molecule has 22 heavy (non-hydrogen) atoms. The number of carboxylic acid groups (broad SMARTS) is 1. The maximum atomic E-state index is 10.8. The van der Waals surface area contributed by atoms with Gasteiger partial charge in [0.2, 0.25) is 0 Å². The molecule has 0 spiro atoms. The minimum Gasteiger partial charge on any atom is -0.478 e. The van der Waals surface area contributed by atoms with Gasteiger partial charge in [-0.3, -0.25) is 0 Å². The van der Waals surface area contributed by atoms with E-state index >= 15 is 0 Å². The Morgan fingerprint density at radius 2 is 1.86 bits per heavy atom. The molecule has 0 aromatic heterocycles. The van der Waals surface area contributed by atoms with Crippen molar-refractivity contribution >= 4 is 11.7 Å². The summed E-state index contributed by atoms with van der Waals surface area (Å²) in [4.78, 5) is 13.1. The van der Waals surface area contributed by atoms with Gasteiger partial charge in [-0.1, -0.05) is 12.2 Å². The van der Waals surface area contributed by atoms with E-state index in [2.05, 4.69) is 21.3 Å². The fourth-order valence-corrected chi connectivity index (χ4v) is 2.47. The second kappa shape index (κ2) is 6.39. The average Bonchev–Trinajstić information content (AvgIpc) is 3.18. The molecule has 0 saturated carbocycles. The van der Waals surface area contributed by atoms with Crippen LogP contribution in [-0.2, 0) is 0 Å². The highest BCUT2D eigenvalue weighted by Gasteiger charge is 2.12. The van der Waals surface area contributed by atoms with Gasteiger partial charge in [0.1, 0.15) is 0 Å². The first-order valence-corrected chi connectivity index (χ1v) is 7.32. The third-order valence-corrected chi connectivity index (χ3v) is 3.68. The van der Waals surface area contributed by atoms with Crippen LogP contribution < -0.4 is 0 Å².